The van der Waals surface area contributed by atoms with Crippen molar-refractivity contribution in [2.45, 2.75) is 50.2 Å². The van der Waals surface area contributed by atoms with E-state index < -0.39 is 11.7 Å². The smallest absolute Gasteiger partial charge is 0.167 e. The normalized spacial score (nSPS) is 45.8. The Hall–Kier alpha value is -0.410. The molecule has 3 rings (SSSR count). The van der Waals surface area contributed by atoms with Gasteiger partial charge in [0.1, 0.15) is 6.10 Å². The van der Waals surface area contributed by atoms with Gasteiger partial charge in [0.25, 0.3) is 0 Å². The lowest BCUT2D eigenvalue weighted by Gasteiger charge is -2.41. The Labute approximate surface area is 77.8 Å². The first-order chi connectivity index (χ1) is 6.13. The molecule has 0 radical (unpaired) electrons. The number of carbonyl (C=O) groups excluding carboxylic acids is 1. The van der Waals surface area contributed by atoms with Crippen LogP contribution in [0.1, 0.15) is 38.5 Å². The second-order valence-corrected chi connectivity index (χ2v) is 4.39. The molecule has 3 aliphatic carbocycles. The first-order valence-corrected chi connectivity index (χ1v) is 5.08. The van der Waals surface area contributed by atoms with Gasteiger partial charge in [0.15, 0.2) is 5.78 Å². The molecule has 0 spiro atoms. The van der Waals surface area contributed by atoms with E-state index in [-0.39, 0.29) is 11.7 Å². The van der Waals surface area contributed by atoms with Crippen LogP contribution in [-0.4, -0.2) is 27.7 Å². The summed E-state index contributed by atoms with van der Waals surface area (Å²) >= 11 is 0. The van der Waals surface area contributed by atoms with Crippen molar-refractivity contribution in [3.8, 4) is 0 Å². The molecule has 2 bridgehead atoms. The maximum Gasteiger partial charge on any atom is 0.167 e. The van der Waals surface area contributed by atoms with Crippen molar-refractivity contribution in [3.05, 3.63) is 0 Å². The number of Topliss-reactive ketones (excluding diaryl/α,β-unsaturated/α-hetero) is 1. The Kier molecular flexibility index (Phi) is 2.16. The van der Waals surface area contributed by atoms with Gasteiger partial charge in [-0.05, 0) is 25.7 Å². The van der Waals surface area contributed by atoms with E-state index in [0.29, 0.717) is 12.8 Å². The van der Waals surface area contributed by atoms with Gasteiger partial charge in [0.2, 0.25) is 0 Å². The number of hydrogen-bond acceptors (Lipinski definition) is 3. The number of fused-ring (bicyclic) bond motifs is 5. The number of carbonyl (C=O) groups is 1. The minimum absolute atomic E-state index is 0.00979. The monoisotopic (exact) mass is 184 g/mol. The average molecular weight is 184 g/mol. The molecule has 3 fully saturated rings. The highest BCUT2D eigenvalue weighted by atomic mass is 16.3. The summed E-state index contributed by atoms with van der Waals surface area (Å²) in [5.41, 5.74) is -1.10. The van der Waals surface area contributed by atoms with Crippen molar-refractivity contribution in [1.29, 1.82) is 0 Å². The zero-order valence-corrected chi connectivity index (χ0v) is 7.70. The van der Waals surface area contributed by atoms with Crippen molar-refractivity contribution in [2.75, 3.05) is 0 Å². The molecule has 0 aromatic heterocycles. The van der Waals surface area contributed by atoms with Crippen LogP contribution in [0.3, 0.4) is 0 Å². The molecular formula is C10H16O3. The predicted octanol–water partition coefficient (Wildman–Crippen LogP) is 0.631. The van der Waals surface area contributed by atoms with Crippen molar-refractivity contribution in [3.63, 3.8) is 0 Å². The Morgan fingerprint density at radius 3 is 2.77 bits per heavy atom. The van der Waals surface area contributed by atoms with E-state index in [2.05, 4.69) is 0 Å². The lowest BCUT2D eigenvalue weighted by atomic mass is 9.69. The van der Waals surface area contributed by atoms with E-state index in [1.165, 1.54) is 0 Å². The van der Waals surface area contributed by atoms with E-state index in [1.54, 1.807) is 0 Å². The third kappa shape index (κ3) is 1.40. The summed E-state index contributed by atoms with van der Waals surface area (Å²) in [5.74, 6) is -0.121. The van der Waals surface area contributed by atoms with Gasteiger partial charge in [-0.25, -0.2) is 0 Å². The minimum atomic E-state index is -1.12. The molecule has 0 heterocycles. The Morgan fingerprint density at radius 1 is 1.23 bits per heavy atom. The molecule has 0 aromatic rings. The summed E-state index contributed by atoms with van der Waals surface area (Å²) in [6.45, 7) is 0. The van der Waals surface area contributed by atoms with Crippen molar-refractivity contribution in [1.82, 2.24) is 0 Å². The zero-order valence-electron chi connectivity index (χ0n) is 7.70. The van der Waals surface area contributed by atoms with Gasteiger partial charge in [-0.1, -0.05) is 12.8 Å². The Balaban J connectivity index is 2.25. The highest BCUT2D eigenvalue weighted by molar-refractivity contribution is 5.87. The van der Waals surface area contributed by atoms with Crippen LogP contribution < -0.4 is 0 Å². The van der Waals surface area contributed by atoms with Gasteiger partial charge in [0, 0.05) is 5.92 Å². The van der Waals surface area contributed by atoms with Crippen LogP contribution in [0.15, 0.2) is 0 Å². The number of rotatable bonds is 0. The molecule has 3 aliphatic rings. The number of hydrogen-bond donors (Lipinski definition) is 2. The molecule has 2 unspecified atom stereocenters. The predicted molar refractivity (Wildman–Crippen MR) is 47.2 cm³/mol. The number of aliphatic hydroxyl groups is 2. The molecule has 2 N–H and O–H groups in total. The van der Waals surface area contributed by atoms with E-state index in [4.69, 9.17) is 0 Å². The summed E-state index contributed by atoms with van der Waals surface area (Å²) in [4.78, 5) is 11.6. The van der Waals surface area contributed by atoms with Crippen LogP contribution in [0, 0.1) is 5.92 Å². The highest BCUT2D eigenvalue weighted by Crippen LogP contribution is 2.38. The quantitative estimate of drug-likeness (QED) is 0.580. The first kappa shape index (κ1) is 9.16. The molecule has 3 heteroatoms. The van der Waals surface area contributed by atoms with Crippen LogP contribution in [0.4, 0.5) is 0 Å². The van der Waals surface area contributed by atoms with E-state index in [9.17, 15) is 15.0 Å². The maximum atomic E-state index is 11.6. The standard InChI is InChI=1S/C10H16O3/c11-8-7-3-1-2-5-10(13,6-4-7)9(8)12/h7,9,12-13H,1-6H2/t7-,9?,10?/m1/s1. The fourth-order valence-corrected chi connectivity index (χ4v) is 2.56. The second kappa shape index (κ2) is 3.07. The Bertz CT molecular complexity index is 222. The zero-order chi connectivity index (χ0) is 9.47. The molecule has 0 saturated heterocycles. The molecule has 0 aromatic carbocycles. The van der Waals surface area contributed by atoms with Crippen LogP contribution in [-0.2, 0) is 4.79 Å². The van der Waals surface area contributed by atoms with Gasteiger partial charge in [-0.3, -0.25) is 4.79 Å². The van der Waals surface area contributed by atoms with Crippen LogP contribution in [0.5, 0.6) is 0 Å². The van der Waals surface area contributed by atoms with Crippen molar-refractivity contribution in [2.24, 2.45) is 5.92 Å². The van der Waals surface area contributed by atoms with Crippen LogP contribution in [0.25, 0.3) is 0 Å². The summed E-state index contributed by atoms with van der Waals surface area (Å²) in [7, 11) is 0. The second-order valence-electron chi connectivity index (χ2n) is 4.39. The molecule has 0 amide bonds. The maximum absolute atomic E-state index is 11.6. The molecular weight excluding hydrogens is 168 g/mol. The molecule has 13 heavy (non-hydrogen) atoms. The topological polar surface area (TPSA) is 57.5 Å². The molecule has 3 saturated carbocycles. The Morgan fingerprint density at radius 2 is 2.00 bits per heavy atom. The van der Waals surface area contributed by atoms with Crippen LogP contribution >= 0.6 is 0 Å². The lowest BCUT2D eigenvalue weighted by molar-refractivity contribution is -0.161. The summed E-state index contributed by atoms with van der Waals surface area (Å²) < 4.78 is 0. The largest absolute Gasteiger partial charge is 0.387 e. The highest BCUT2D eigenvalue weighted by Gasteiger charge is 2.47. The van der Waals surface area contributed by atoms with Crippen molar-refractivity contribution < 1.29 is 15.0 Å². The number of aliphatic hydroxyl groups excluding tert-OH is 1. The summed E-state index contributed by atoms with van der Waals surface area (Å²) in [6, 6.07) is 0. The lowest BCUT2D eigenvalue weighted by Crippen LogP contribution is -2.54. The van der Waals surface area contributed by atoms with Gasteiger partial charge >= 0.3 is 0 Å². The third-order valence-corrected chi connectivity index (χ3v) is 3.52. The molecule has 3 atom stereocenters. The van der Waals surface area contributed by atoms with E-state index >= 15 is 0 Å². The third-order valence-electron chi connectivity index (χ3n) is 3.52. The first-order valence-electron chi connectivity index (χ1n) is 5.08. The van der Waals surface area contributed by atoms with Crippen molar-refractivity contribution >= 4 is 5.78 Å². The summed E-state index contributed by atoms with van der Waals surface area (Å²) in [5, 5.41) is 19.6. The van der Waals surface area contributed by atoms with E-state index in [0.717, 1.165) is 25.7 Å². The van der Waals surface area contributed by atoms with E-state index in [1.807, 2.05) is 0 Å². The average Bonchev–Trinajstić information content (AvgIpc) is 2.08. The fourth-order valence-electron chi connectivity index (χ4n) is 2.56. The van der Waals surface area contributed by atoms with Gasteiger partial charge in [-0.15, -0.1) is 0 Å². The van der Waals surface area contributed by atoms with Gasteiger partial charge in [-0.2, -0.15) is 0 Å². The molecule has 74 valence electrons. The van der Waals surface area contributed by atoms with Gasteiger partial charge in [0.05, 0.1) is 5.60 Å². The molecule has 0 aliphatic heterocycles. The summed E-state index contributed by atoms with van der Waals surface area (Å²) in [6.07, 6.45) is 3.63. The molecule has 3 nitrogen and oxygen atoms in total. The minimum Gasteiger partial charge on any atom is -0.387 e. The van der Waals surface area contributed by atoms with Gasteiger partial charge < -0.3 is 10.2 Å². The number of ketones is 1. The fraction of sp³-hybridized carbons (Fsp3) is 0.900. The SMILES string of the molecule is O=C1C(O)C2(O)CCCC[C@@H]1CC2. The van der Waals surface area contributed by atoms with Crippen LogP contribution in [0.2, 0.25) is 0 Å².